The van der Waals surface area contributed by atoms with Crippen molar-refractivity contribution >= 4 is 51.3 Å². The molecule has 27 heavy (non-hydrogen) atoms. The van der Waals surface area contributed by atoms with Gasteiger partial charge in [-0.3, -0.25) is 19.3 Å². The molecular formula is C16H14N4O5S2. The van der Waals surface area contributed by atoms with Gasteiger partial charge in [-0.15, -0.1) is 5.10 Å². The average molecular weight is 406 g/mol. The maximum Gasteiger partial charge on any atom is 0.362 e. The van der Waals surface area contributed by atoms with Gasteiger partial charge in [-0.05, 0) is 24.6 Å². The summed E-state index contributed by atoms with van der Waals surface area (Å²) in [5, 5.41) is 6.15. The van der Waals surface area contributed by atoms with E-state index in [4.69, 9.17) is 4.74 Å². The first-order valence-corrected chi connectivity index (χ1v) is 9.62. The fraction of sp³-hybridized carbons (Fsp3) is 0.250. The van der Waals surface area contributed by atoms with Gasteiger partial charge in [0.15, 0.2) is 5.00 Å². The van der Waals surface area contributed by atoms with Crippen molar-refractivity contribution in [3.8, 4) is 0 Å². The van der Waals surface area contributed by atoms with Crippen LogP contribution in [0.25, 0.3) is 0 Å². The van der Waals surface area contributed by atoms with Crippen LogP contribution in [0.3, 0.4) is 0 Å². The molecule has 2 heterocycles. The Morgan fingerprint density at radius 3 is 2.85 bits per heavy atom. The van der Waals surface area contributed by atoms with Gasteiger partial charge >= 0.3 is 5.97 Å². The van der Waals surface area contributed by atoms with E-state index in [0.29, 0.717) is 11.1 Å². The number of imide groups is 1. The van der Waals surface area contributed by atoms with E-state index in [0.717, 1.165) is 28.2 Å². The highest BCUT2D eigenvalue weighted by atomic mass is 32.2. The number of benzene rings is 1. The summed E-state index contributed by atoms with van der Waals surface area (Å²) in [6, 6.07) is 6.54. The summed E-state index contributed by atoms with van der Waals surface area (Å²) in [5.41, 5.74) is 0.888. The molecule has 0 radical (unpaired) electrons. The van der Waals surface area contributed by atoms with E-state index in [1.165, 1.54) is 0 Å². The Labute approximate surface area is 162 Å². The summed E-state index contributed by atoms with van der Waals surface area (Å²) in [4.78, 5) is 48.9. The van der Waals surface area contributed by atoms with Gasteiger partial charge in [0.25, 0.3) is 11.1 Å². The predicted octanol–water partition coefficient (Wildman–Crippen LogP) is 2.16. The van der Waals surface area contributed by atoms with Crippen molar-refractivity contribution in [1.82, 2.24) is 14.5 Å². The van der Waals surface area contributed by atoms with Gasteiger partial charge < -0.3 is 10.1 Å². The zero-order valence-corrected chi connectivity index (χ0v) is 15.8. The average Bonchev–Trinajstić information content (AvgIpc) is 3.24. The summed E-state index contributed by atoms with van der Waals surface area (Å²) in [5.74, 6) is -1.26. The lowest BCUT2D eigenvalue weighted by Crippen LogP contribution is -2.28. The van der Waals surface area contributed by atoms with Crippen LogP contribution in [0, 0.1) is 0 Å². The third kappa shape index (κ3) is 4.31. The van der Waals surface area contributed by atoms with Gasteiger partial charge in [-0.2, -0.15) is 0 Å². The molecule has 0 unspecified atom stereocenters. The van der Waals surface area contributed by atoms with Crippen molar-refractivity contribution < 1.29 is 23.9 Å². The van der Waals surface area contributed by atoms with Crippen LogP contribution in [0.4, 0.5) is 9.80 Å². The second-order valence-corrected chi connectivity index (χ2v) is 7.04. The number of nitrogens with one attached hydrogen (secondary N) is 1. The van der Waals surface area contributed by atoms with Crippen LogP contribution in [0.15, 0.2) is 24.3 Å². The molecule has 1 N–H and O–H groups in total. The van der Waals surface area contributed by atoms with E-state index in [9.17, 15) is 19.2 Å². The van der Waals surface area contributed by atoms with Crippen LogP contribution in [-0.4, -0.2) is 49.9 Å². The lowest BCUT2D eigenvalue weighted by Gasteiger charge is -2.13. The van der Waals surface area contributed by atoms with Gasteiger partial charge in [0, 0.05) is 17.1 Å². The molecule has 0 saturated carbocycles. The lowest BCUT2D eigenvalue weighted by atomic mass is 10.1. The second-order valence-electron chi connectivity index (χ2n) is 5.36. The van der Waals surface area contributed by atoms with Gasteiger partial charge in [0.1, 0.15) is 0 Å². The summed E-state index contributed by atoms with van der Waals surface area (Å²) in [6.07, 6.45) is 0. The number of aromatic nitrogens is 2. The Morgan fingerprint density at radius 1 is 1.33 bits per heavy atom. The number of ether oxygens (including phenoxy) is 1. The summed E-state index contributed by atoms with van der Waals surface area (Å²) in [6.45, 7) is 1.94. The minimum Gasteiger partial charge on any atom is -0.461 e. The number of carbonyl (C=O) groups is 4. The Morgan fingerprint density at radius 2 is 2.15 bits per heavy atom. The third-order valence-electron chi connectivity index (χ3n) is 3.55. The van der Waals surface area contributed by atoms with Gasteiger partial charge in [-0.1, -0.05) is 28.4 Å². The highest BCUT2D eigenvalue weighted by Gasteiger charge is 2.29. The number of hydrogen-bond donors (Lipinski definition) is 1. The Kier molecular flexibility index (Phi) is 5.81. The standard InChI is InChI=1S/C16H14N4O5S2/c1-2-25-15(23)12-14(27-19-18-12)17-13(22)10-5-3-4-9(6-10)7-20-11(21)8-26-16(20)24/h3-6H,2,7-8H2,1H3,(H,17,22). The largest absolute Gasteiger partial charge is 0.461 e. The molecule has 0 atom stereocenters. The van der Waals surface area contributed by atoms with Crippen LogP contribution in [0.1, 0.15) is 33.3 Å². The first-order valence-electron chi connectivity index (χ1n) is 7.86. The minimum atomic E-state index is -0.668. The molecule has 0 spiro atoms. The Bertz CT molecular complexity index is 898. The smallest absolute Gasteiger partial charge is 0.362 e. The molecule has 1 aliphatic heterocycles. The van der Waals surface area contributed by atoms with E-state index in [1.807, 2.05) is 0 Å². The first kappa shape index (κ1) is 19.0. The molecule has 3 rings (SSSR count). The molecule has 3 amide bonds. The molecule has 9 nitrogen and oxygen atoms in total. The number of amides is 3. The Balaban J connectivity index is 1.73. The van der Waals surface area contributed by atoms with Crippen molar-refractivity contribution in [2.75, 3.05) is 17.7 Å². The molecular weight excluding hydrogens is 392 g/mol. The van der Waals surface area contributed by atoms with Gasteiger partial charge in [0.2, 0.25) is 11.6 Å². The highest BCUT2D eigenvalue weighted by Crippen LogP contribution is 2.23. The van der Waals surface area contributed by atoms with Crippen LogP contribution in [-0.2, 0) is 16.1 Å². The molecule has 2 aromatic rings. The lowest BCUT2D eigenvalue weighted by molar-refractivity contribution is -0.125. The number of rotatable bonds is 6. The van der Waals surface area contributed by atoms with Crippen molar-refractivity contribution in [2.24, 2.45) is 0 Å². The molecule has 1 fully saturated rings. The number of hydrogen-bond acceptors (Lipinski definition) is 9. The molecule has 11 heteroatoms. The molecule has 1 aromatic carbocycles. The molecule has 1 saturated heterocycles. The van der Waals surface area contributed by atoms with Crippen molar-refractivity contribution in [3.05, 3.63) is 41.1 Å². The monoisotopic (exact) mass is 406 g/mol. The van der Waals surface area contributed by atoms with Gasteiger partial charge in [-0.25, -0.2) is 4.79 Å². The number of anilines is 1. The molecule has 0 aliphatic carbocycles. The minimum absolute atomic E-state index is 0.0587. The molecule has 140 valence electrons. The van der Waals surface area contributed by atoms with E-state index >= 15 is 0 Å². The maximum absolute atomic E-state index is 12.5. The van der Waals surface area contributed by atoms with Crippen LogP contribution >= 0.6 is 23.3 Å². The number of carbonyl (C=O) groups excluding carboxylic acids is 4. The zero-order valence-electron chi connectivity index (χ0n) is 14.1. The first-order chi connectivity index (χ1) is 13.0. The van der Waals surface area contributed by atoms with Crippen molar-refractivity contribution in [2.45, 2.75) is 13.5 Å². The maximum atomic E-state index is 12.5. The van der Waals surface area contributed by atoms with Crippen LogP contribution in [0.5, 0.6) is 0 Å². The molecule has 0 bridgehead atoms. The Hall–Kier alpha value is -2.79. The third-order valence-corrected chi connectivity index (χ3v) is 5.05. The number of nitrogens with zero attached hydrogens (tertiary/aromatic N) is 3. The summed E-state index contributed by atoms with van der Waals surface area (Å²) < 4.78 is 8.54. The van der Waals surface area contributed by atoms with Crippen LogP contribution in [0.2, 0.25) is 0 Å². The SMILES string of the molecule is CCOC(=O)c1nnsc1NC(=O)c1cccc(CN2C(=O)CSC2=O)c1. The normalized spacial score (nSPS) is 13.7. The van der Waals surface area contributed by atoms with Crippen molar-refractivity contribution in [3.63, 3.8) is 0 Å². The van der Waals surface area contributed by atoms with E-state index < -0.39 is 11.9 Å². The quantitative estimate of drug-likeness (QED) is 0.725. The summed E-state index contributed by atoms with van der Waals surface area (Å²) >= 11 is 1.82. The molecule has 1 aliphatic rings. The van der Waals surface area contributed by atoms with E-state index in [1.54, 1.807) is 31.2 Å². The van der Waals surface area contributed by atoms with Gasteiger partial charge in [0.05, 0.1) is 18.9 Å². The number of thioether (sulfide) groups is 1. The van der Waals surface area contributed by atoms with E-state index in [-0.39, 0.29) is 40.7 Å². The topological polar surface area (TPSA) is 119 Å². The zero-order chi connectivity index (χ0) is 19.4. The molecule has 1 aromatic heterocycles. The van der Waals surface area contributed by atoms with Crippen LogP contribution < -0.4 is 5.32 Å². The van der Waals surface area contributed by atoms with E-state index in [2.05, 4.69) is 14.9 Å². The fourth-order valence-electron chi connectivity index (χ4n) is 2.31. The second kappa shape index (κ2) is 8.27. The highest BCUT2D eigenvalue weighted by molar-refractivity contribution is 8.14. The predicted molar refractivity (Wildman–Crippen MR) is 98.7 cm³/mol. The fourth-order valence-corrected chi connectivity index (χ4v) is 3.59. The summed E-state index contributed by atoms with van der Waals surface area (Å²) in [7, 11) is 0. The van der Waals surface area contributed by atoms with Crippen molar-refractivity contribution in [1.29, 1.82) is 0 Å². The number of esters is 1.